The number of aromatic nitrogens is 2. The summed E-state index contributed by atoms with van der Waals surface area (Å²) in [6, 6.07) is 14.5. The van der Waals surface area contributed by atoms with Crippen LogP contribution in [0.2, 0.25) is 0 Å². The monoisotopic (exact) mass is 440 g/mol. The average molecular weight is 441 g/mol. The Balaban J connectivity index is 1.38. The second-order valence-electron chi connectivity index (χ2n) is 7.39. The molecular formula is C22H25BrN4O. The van der Waals surface area contributed by atoms with E-state index in [1.807, 2.05) is 18.2 Å². The minimum Gasteiger partial charge on any atom is -0.352 e. The van der Waals surface area contributed by atoms with Gasteiger partial charge < -0.3 is 15.2 Å². The summed E-state index contributed by atoms with van der Waals surface area (Å²) in [5.74, 6) is 0.965. The van der Waals surface area contributed by atoms with Crippen molar-refractivity contribution in [2.45, 2.75) is 32.7 Å². The molecule has 1 fully saturated rings. The van der Waals surface area contributed by atoms with Gasteiger partial charge in [0.2, 0.25) is 11.9 Å². The van der Waals surface area contributed by atoms with Crippen molar-refractivity contribution in [3.8, 4) is 0 Å². The third-order valence-corrected chi connectivity index (χ3v) is 5.91. The van der Waals surface area contributed by atoms with Crippen molar-refractivity contribution in [2.75, 3.05) is 18.0 Å². The molecule has 4 rings (SSSR count). The van der Waals surface area contributed by atoms with Gasteiger partial charge in [-0.2, -0.15) is 0 Å². The van der Waals surface area contributed by atoms with Gasteiger partial charge in [-0.3, -0.25) is 4.79 Å². The Bertz CT molecular complexity index is 966. The van der Waals surface area contributed by atoms with Gasteiger partial charge in [0, 0.05) is 24.1 Å². The fourth-order valence-electron chi connectivity index (χ4n) is 3.73. The van der Waals surface area contributed by atoms with Crippen LogP contribution < -0.4 is 10.2 Å². The summed E-state index contributed by atoms with van der Waals surface area (Å²) in [6.07, 6.45) is 2.94. The van der Waals surface area contributed by atoms with Crippen molar-refractivity contribution in [3.05, 3.63) is 58.1 Å². The number of nitrogens with zero attached hydrogens (tertiary/aromatic N) is 2. The number of imidazole rings is 1. The molecule has 1 aliphatic rings. The van der Waals surface area contributed by atoms with Crippen LogP contribution in [0.5, 0.6) is 0 Å². The highest BCUT2D eigenvalue weighted by molar-refractivity contribution is 9.10. The van der Waals surface area contributed by atoms with Gasteiger partial charge in [-0.15, -0.1) is 0 Å². The molecule has 1 atom stereocenters. The van der Waals surface area contributed by atoms with Gasteiger partial charge in [-0.05, 0) is 48.6 Å². The SMILES string of the molecule is CCc1ccc(CNC(=O)C2CCCN(c3nc4ccc(Br)cc4[nH]3)C2)cc1. The number of anilines is 1. The Hall–Kier alpha value is -2.34. The van der Waals surface area contributed by atoms with Crippen molar-refractivity contribution in [2.24, 2.45) is 5.92 Å². The van der Waals surface area contributed by atoms with Crippen LogP contribution in [0.1, 0.15) is 30.9 Å². The zero-order chi connectivity index (χ0) is 19.5. The molecule has 1 amide bonds. The van der Waals surface area contributed by atoms with E-state index in [0.29, 0.717) is 13.1 Å². The molecule has 0 bridgehead atoms. The van der Waals surface area contributed by atoms with Crippen LogP contribution in [0.25, 0.3) is 11.0 Å². The zero-order valence-electron chi connectivity index (χ0n) is 16.0. The van der Waals surface area contributed by atoms with Crippen molar-refractivity contribution in [1.29, 1.82) is 0 Å². The maximum absolute atomic E-state index is 12.7. The highest BCUT2D eigenvalue weighted by Crippen LogP contribution is 2.25. The van der Waals surface area contributed by atoms with Crippen LogP contribution >= 0.6 is 15.9 Å². The number of aromatic amines is 1. The lowest BCUT2D eigenvalue weighted by atomic mass is 9.97. The molecule has 0 saturated carbocycles. The van der Waals surface area contributed by atoms with E-state index in [1.165, 1.54) is 5.56 Å². The number of hydrogen-bond donors (Lipinski definition) is 2. The number of carbonyl (C=O) groups is 1. The zero-order valence-corrected chi connectivity index (χ0v) is 17.6. The molecule has 28 heavy (non-hydrogen) atoms. The molecule has 1 unspecified atom stereocenters. The molecule has 1 aromatic heterocycles. The van der Waals surface area contributed by atoms with E-state index >= 15 is 0 Å². The number of fused-ring (bicyclic) bond motifs is 1. The van der Waals surface area contributed by atoms with Gasteiger partial charge in [0.1, 0.15) is 0 Å². The Kier molecular flexibility index (Phi) is 5.67. The number of rotatable bonds is 5. The second kappa shape index (κ2) is 8.35. The van der Waals surface area contributed by atoms with E-state index in [-0.39, 0.29) is 11.8 Å². The van der Waals surface area contributed by atoms with Crippen LogP contribution in [-0.4, -0.2) is 29.0 Å². The van der Waals surface area contributed by atoms with E-state index in [1.54, 1.807) is 0 Å². The third kappa shape index (κ3) is 4.22. The summed E-state index contributed by atoms with van der Waals surface area (Å²) in [7, 11) is 0. The van der Waals surface area contributed by atoms with Gasteiger partial charge in [0.25, 0.3) is 0 Å². The van der Waals surface area contributed by atoms with Crippen LogP contribution in [0, 0.1) is 5.92 Å². The predicted octanol–water partition coefficient (Wildman–Crippen LogP) is 4.42. The standard InChI is InChI=1S/C22H25BrN4O/c1-2-15-5-7-16(8-6-15)13-24-21(28)17-4-3-11-27(14-17)22-25-19-10-9-18(23)12-20(19)26-22/h5-10,12,17H,2-4,11,13-14H2,1H3,(H,24,28)(H,25,26). The largest absolute Gasteiger partial charge is 0.352 e. The molecule has 0 aliphatic carbocycles. The molecule has 2 N–H and O–H groups in total. The topological polar surface area (TPSA) is 61.0 Å². The molecule has 1 aliphatic heterocycles. The van der Waals surface area contributed by atoms with E-state index in [4.69, 9.17) is 4.98 Å². The van der Waals surface area contributed by atoms with Gasteiger partial charge in [-0.25, -0.2) is 4.98 Å². The summed E-state index contributed by atoms with van der Waals surface area (Å²) in [4.78, 5) is 23.0. The average Bonchev–Trinajstić information content (AvgIpc) is 3.15. The van der Waals surface area contributed by atoms with Crippen molar-refractivity contribution < 1.29 is 4.79 Å². The molecule has 2 heterocycles. The Labute approximate surface area is 173 Å². The van der Waals surface area contributed by atoms with Crippen molar-refractivity contribution in [3.63, 3.8) is 0 Å². The fraction of sp³-hybridized carbons (Fsp3) is 0.364. The molecular weight excluding hydrogens is 416 g/mol. The summed E-state index contributed by atoms with van der Waals surface area (Å²) >= 11 is 3.50. The van der Waals surface area contributed by atoms with Gasteiger partial charge in [-0.1, -0.05) is 47.1 Å². The highest BCUT2D eigenvalue weighted by Gasteiger charge is 2.27. The van der Waals surface area contributed by atoms with Crippen LogP contribution in [0.15, 0.2) is 46.9 Å². The number of carbonyl (C=O) groups excluding carboxylic acids is 1. The molecule has 5 nitrogen and oxygen atoms in total. The van der Waals surface area contributed by atoms with E-state index in [9.17, 15) is 4.79 Å². The van der Waals surface area contributed by atoms with Crippen LogP contribution in [-0.2, 0) is 17.8 Å². The Morgan fingerprint density at radius 3 is 2.82 bits per heavy atom. The maximum Gasteiger partial charge on any atom is 0.225 e. The smallest absolute Gasteiger partial charge is 0.225 e. The number of hydrogen-bond acceptors (Lipinski definition) is 3. The second-order valence-corrected chi connectivity index (χ2v) is 8.31. The predicted molar refractivity (Wildman–Crippen MR) is 116 cm³/mol. The van der Waals surface area contributed by atoms with E-state index < -0.39 is 0 Å². The van der Waals surface area contributed by atoms with Crippen LogP contribution in [0.4, 0.5) is 5.95 Å². The van der Waals surface area contributed by atoms with Crippen molar-refractivity contribution in [1.82, 2.24) is 15.3 Å². The lowest BCUT2D eigenvalue weighted by Crippen LogP contribution is -2.43. The summed E-state index contributed by atoms with van der Waals surface area (Å²) in [5, 5.41) is 3.11. The van der Waals surface area contributed by atoms with Gasteiger partial charge in [0.15, 0.2) is 0 Å². The molecule has 1 saturated heterocycles. The molecule has 0 spiro atoms. The number of H-pyrrole nitrogens is 1. The van der Waals surface area contributed by atoms with E-state index in [2.05, 4.69) is 62.3 Å². The number of halogens is 1. The Morgan fingerprint density at radius 2 is 2.04 bits per heavy atom. The number of piperidine rings is 1. The first-order chi connectivity index (χ1) is 13.6. The quantitative estimate of drug-likeness (QED) is 0.616. The minimum absolute atomic E-state index is 0.0105. The fourth-order valence-corrected chi connectivity index (χ4v) is 4.09. The number of nitrogens with one attached hydrogen (secondary N) is 2. The summed E-state index contributed by atoms with van der Waals surface area (Å²) in [6.45, 7) is 4.34. The number of benzene rings is 2. The van der Waals surface area contributed by atoms with Crippen LogP contribution in [0.3, 0.4) is 0 Å². The highest BCUT2D eigenvalue weighted by atomic mass is 79.9. The maximum atomic E-state index is 12.7. The third-order valence-electron chi connectivity index (χ3n) is 5.42. The number of aryl methyl sites for hydroxylation is 1. The molecule has 6 heteroatoms. The van der Waals surface area contributed by atoms with Crippen molar-refractivity contribution >= 4 is 38.8 Å². The minimum atomic E-state index is -0.0105. The molecule has 0 radical (unpaired) electrons. The first-order valence-corrected chi connectivity index (χ1v) is 10.7. The van der Waals surface area contributed by atoms with Gasteiger partial charge in [0.05, 0.1) is 17.0 Å². The lowest BCUT2D eigenvalue weighted by Gasteiger charge is -2.31. The van der Waals surface area contributed by atoms with Gasteiger partial charge >= 0.3 is 0 Å². The first-order valence-electron chi connectivity index (χ1n) is 9.88. The lowest BCUT2D eigenvalue weighted by molar-refractivity contribution is -0.125. The summed E-state index contributed by atoms with van der Waals surface area (Å²) in [5.41, 5.74) is 4.41. The molecule has 3 aromatic rings. The molecule has 2 aromatic carbocycles. The van der Waals surface area contributed by atoms with E-state index in [0.717, 1.165) is 52.8 Å². The number of amides is 1. The Morgan fingerprint density at radius 1 is 1.25 bits per heavy atom. The molecule has 146 valence electrons. The first kappa shape index (κ1) is 19.0. The summed E-state index contributed by atoms with van der Waals surface area (Å²) < 4.78 is 1.03. The normalized spacial score (nSPS) is 17.1.